The van der Waals surface area contributed by atoms with Crippen LogP contribution in [0.15, 0.2) is 72.8 Å². The minimum absolute atomic E-state index is 0.195. The van der Waals surface area contributed by atoms with Gasteiger partial charge >= 0.3 is 6.16 Å². The number of piperidine rings is 1. The highest BCUT2D eigenvalue weighted by Crippen LogP contribution is 2.36. The number of rotatable bonds is 4. The second-order valence-corrected chi connectivity index (χ2v) is 8.78. The molecule has 2 heterocycles. The molecule has 1 N–H and O–H groups in total. The molecule has 0 bridgehead atoms. The third kappa shape index (κ3) is 4.90. The van der Waals surface area contributed by atoms with Gasteiger partial charge in [-0.3, -0.25) is 4.90 Å². The highest BCUT2D eigenvalue weighted by Gasteiger charge is 2.37. The number of fused-ring (bicyclic) bond motifs is 1. The van der Waals surface area contributed by atoms with E-state index in [1.54, 1.807) is 48.5 Å². The Morgan fingerprint density at radius 1 is 0.971 bits per heavy atom. The van der Waals surface area contributed by atoms with E-state index in [9.17, 15) is 14.3 Å². The molecule has 3 aromatic rings. The number of aliphatic hydroxyl groups is 1. The smallest absolute Gasteiger partial charge is 0.492 e. The number of likely N-dealkylation sites (tertiary alicyclic amines) is 1. The van der Waals surface area contributed by atoms with Crippen LogP contribution in [-0.2, 0) is 12.0 Å². The second kappa shape index (κ2) is 9.44. The van der Waals surface area contributed by atoms with E-state index in [-0.39, 0.29) is 11.9 Å². The van der Waals surface area contributed by atoms with E-state index in [0.29, 0.717) is 36.7 Å². The van der Waals surface area contributed by atoms with Gasteiger partial charge in [-0.05, 0) is 60.7 Å². The van der Waals surface area contributed by atoms with Crippen molar-refractivity contribution in [3.8, 4) is 17.2 Å². The maximum atomic E-state index is 13.2. The topological polar surface area (TPSA) is 68.2 Å². The highest BCUT2D eigenvalue weighted by atomic mass is 19.1. The van der Waals surface area contributed by atoms with Crippen molar-refractivity contribution in [2.45, 2.75) is 30.9 Å². The normalized spacial score (nSPS) is 19.5. The van der Waals surface area contributed by atoms with Gasteiger partial charge in [0.15, 0.2) is 0 Å². The molecule has 176 valence electrons. The van der Waals surface area contributed by atoms with Crippen molar-refractivity contribution in [2.24, 2.45) is 0 Å². The number of nitrogens with zero attached hydrogens (tertiary/aromatic N) is 1. The van der Waals surface area contributed by atoms with Crippen LogP contribution in [0.1, 0.15) is 24.0 Å². The molecule has 2 aliphatic rings. The number of carbonyl (C=O) groups is 1. The van der Waals surface area contributed by atoms with Crippen LogP contribution in [0.3, 0.4) is 0 Å². The molecule has 0 spiro atoms. The van der Waals surface area contributed by atoms with Crippen LogP contribution in [0.5, 0.6) is 17.2 Å². The Bertz CT molecular complexity index is 1140. The van der Waals surface area contributed by atoms with Gasteiger partial charge in [-0.15, -0.1) is 0 Å². The van der Waals surface area contributed by atoms with Gasteiger partial charge in [0.05, 0.1) is 5.60 Å². The number of hydrogen-bond donors (Lipinski definition) is 1. The summed E-state index contributed by atoms with van der Waals surface area (Å²) >= 11 is 0. The Morgan fingerprint density at radius 2 is 1.68 bits per heavy atom. The van der Waals surface area contributed by atoms with Gasteiger partial charge in [-0.1, -0.05) is 36.4 Å². The van der Waals surface area contributed by atoms with Crippen molar-refractivity contribution in [3.63, 3.8) is 0 Å². The number of para-hydroxylation sites is 1. The fourth-order valence-corrected chi connectivity index (χ4v) is 4.64. The first-order valence-electron chi connectivity index (χ1n) is 11.4. The fourth-order valence-electron chi connectivity index (χ4n) is 4.64. The Kier molecular flexibility index (Phi) is 6.22. The molecule has 7 heteroatoms. The van der Waals surface area contributed by atoms with Crippen LogP contribution < -0.4 is 14.2 Å². The van der Waals surface area contributed by atoms with Gasteiger partial charge in [0.1, 0.15) is 29.7 Å². The maximum absolute atomic E-state index is 13.2. The standard InChI is InChI=1S/C27H26FNO5/c28-21-9-7-20(8-10-21)27(31)12-14-29(15-13-27)22-16-19-6-11-24(17-25(19)32-18-22)34-26(30)33-23-4-2-1-3-5-23/h1-11,17,22,31H,12-16,18H2/t22-/m1/s1. The van der Waals surface area contributed by atoms with E-state index in [1.165, 1.54) is 12.1 Å². The van der Waals surface area contributed by atoms with Crippen molar-refractivity contribution in [3.05, 3.63) is 89.7 Å². The molecule has 1 saturated heterocycles. The quantitative estimate of drug-likeness (QED) is 0.447. The minimum Gasteiger partial charge on any atom is -0.492 e. The molecule has 0 saturated carbocycles. The molecule has 1 atom stereocenters. The van der Waals surface area contributed by atoms with Gasteiger partial charge in [0, 0.05) is 25.2 Å². The monoisotopic (exact) mass is 463 g/mol. The summed E-state index contributed by atoms with van der Waals surface area (Å²) in [5.74, 6) is 1.17. The van der Waals surface area contributed by atoms with Crippen molar-refractivity contribution in [1.29, 1.82) is 0 Å². The molecule has 6 nitrogen and oxygen atoms in total. The lowest BCUT2D eigenvalue weighted by Crippen LogP contribution is -2.50. The zero-order chi connectivity index (χ0) is 23.5. The van der Waals surface area contributed by atoms with E-state index in [0.717, 1.165) is 30.6 Å². The summed E-state index contributed by atoms with van der Waals surface area (Å²) in [6.07, 6.45) is 1.16. The lowest BCUT2D eigenvalue weighted by molar-refractivity contribution is -0.0416. The Morgan fingerprint density at radius 3 is 2.41 bits per heavy atom. The lowest BCUT2D eigenvalue weighted by atomic mass is 9.83. The number of halogens is 1. The average molecular weight is 464 g/mol. The van der Waals surface area contributed by atoms with E-state index in [2.05, 4.69) is 4.90 Å². The first-order chi connectivity index (χ1) is 16.5. The zero-order valence-corrected chi connectivity index (χ0v) is 18.7. The van der Waals surface area contributed by atoms with E-state index < -0.39 is 11.8 Å². The maximum Gasteiger partial charge on any atom is 0.519 e. The number of ether oxygens (including phenoxy) is 3. The average Bonchev–Trinajstić information content (AvgIpc) is 2.85. The highest BCUT2D eigenvalue weighted by molar-refractivity contribution is 5.67. The van der Waals surface area contributed by atoms with Gasteiger partial charge in [0.2, 0.25) is 0 Å². The third-order valence-corrected chi connectivity index (χ3v) is 6.59. The summed E-state index contributed by atoms with van der Waals surface area (Å²) in [5.41, 5.74) is 0.870. The first kappa shape index (κ1) is 22.4. The predicted octanol–water partition coefficient (Wildman–Crippen LogP) is 4.69. The number of hydrogen-bond acceptors (Lipinski definition) is 6. The van der Waals surface area contributed by atoms with Crippen LogP contribution in [0, 0.1) is 5.82 Å². The molecular formula is C27H26FNO5. The SMILES string of the molecule is O=C(Oc1ccccc1)Oc1ccc2c(c1)OC[C@H](N1CCC(O)(c3ccc(F)cc3)CC1)C2. The molecule has 5 rings (SSSR count). The third-order valence-electron chi connectivity index (χ3n) is 6.59. The molecule has 2 aliphatic heterocycles. The van der Waals surface area contributed by atoms with Crippen molar-refractivity contribution >= 4 is 6.16 Å². The summed E-state index contributed by atoms with van der Waals surface area (Å²) in [6, 6.07) is 20.4. The van der Waals surface area contributed by atoms with Crippen LogP contribution in [0.4, 0.5) is 9.18 Å². The van der Waals surface area contributed by atoms with Crippen molar-refractivity contribution in [2.75, 3.05) is 19.7 Å². The summed E-state index contributed by atoms with van der Waals surface area (Å²) in [7, 11) is 0. The Labute approximate surface area is 197 Å². The van der Waals surface area contributed by atoms with Crippen LogP contribution >= 0.6 is 0 Å². The number of carbonyl (C=O) groups excluding carboxylic acids is 1. The van der Waals surface area contributed by atoms with Gasteiger partial charge < -0.3 is 19.3 Å². The summed E-state index contributed by atoms with van der Waals surface area (Å²) in [6.45, 7) is 1.97. The van der Waals surface area contributed by atoms with E-state index >= 15 is 0 Å². The summed E-state index contributed by atoms with van der Waals surface area (Å²) in [4.78, 5) is 14.4. The van der Waals surface area contributed by atoms with Crippen molar-refractivity contribution in [1.82, 2.24) is 4.90 Å². The van der Waals surface area contributed by atoms with Gasteiger partial charge in [-0.2, -0.15) is 0 Å². The van der Waals surface area contributed by atoms with Crippen LogP contribution in [-0.4, -0.2) is 41.9 Å². The zero-order valence-electron chi connectivity index (χ0n) is 18.7. The molecule has 0 aromatic heterocycles. The molecule has 34 heavy (non-hydrogen) atoms. The Hall–Kier alpha value is -3.42. The summed E-state index contributed by atoms with van der Waals surface area (Å²) in [5, 5.41) is 11.1. The minimum atomic E-state index is -0.932. The molecular weight excluding hydrogens is 437 g/mol. The second-order valence-electron chi connectivity index (χ2n) is 8.78. The molecule has 0 aliphatic carbocycles. The molecule has 0 unspecified atom stereocenters. The summed E-state index contributed by atoms with van der Waals surface area (Å²) < 4.78 is 29.7. The largest absolute Gasteiger partial charge is 0.519 e. The Balaban J connectivity index is 1.17. The first-order valence-corrected chi connectivity index (χ1v) is 11.4. The van der Waals surface area contributed by atoms with E-state index in [4.69, 9.17) is 14.2 Å². The van der Waals surface area contributed by atoms with E-state index in [1.807, 2.05) is 12.1 Å². The molecule has 1 fully saturated rings. The van der Waals surface area contributed by atoms with Crippen LogP contribution in [0.25, 0.3) is 0 Å². The predicted molar refractivity (Wildman–Crippen MR) is 124 cm³/mol. The van der Waals surface area contributed by atoms with Gasteiger partial charge in [-0.25, -0.2) is 9.18 Å². The molecule has 0 amide bonds. The molecule has 3 aromatic carbocycles. The van der Waals surface area contributed by atoms with Crippen molar-refractivity contribution < 1.29 is 28.5 Å². The number of benzene rings is 3. The molecule has 0 radical (unpaired) electrons. The van der Waals surface area contributed by atoms with Crippen LogP contribution in [0.2, 0.25) is 0 Å². The van der Waals surface area contributed by atoms with Gasteiger partial charge in [0.25, 0.3) is 0 Å². The lowest BCUT2D eigenvalue weighted by Gasteiger charge is -2.43. The fraction of sp³-hybridized carbons (Fsp3) is 0.296.